The minimum atomic E-state index is -4.77. The summed E-state index contributed by atoms with van der Waals surface area (Å²) in [5.74, 6) is -1.54. The molecule has 40 heavy (non-hydrogen) atoms. The molecule has 3 aromatic rings. The van der Waals surface area contributed by atoms with Gasteiger partial charge in [-0.2, -0.15) is 13.2 Å². The second-order valence-electron chi connectivity index (χ2n) is 9.28. The number of anilines is 1. The predicted molar refractivity (Wildman–Crippen MR) is 143 cm³/mol. The van der Waals surface area contributed by atoms with Crippen molar-refractivity contribution in [2.75, 3.05) is 10.8 Å². The number of halogens is 5. The highest BCUT2D eigenvalue weighted by Crippen LogP contribution is 2.43. The fourth-order valence-corrected chi connectivity index (χ4v) is 6.46. The Morgan fingerprint density at radius 3 is 2.52 bits per heavy atom. The number of rotatable bonds is 7. The van der Waals surface area contributed by atoms with Crippen LogP contribution < -0.4 is 9.04 Å². The lowest BCUT2D eigenvalue weighted by Crippen LogP contribution is -2.44. The first-order chi connectivity index (χ1) is 18.7. The zero-order chi connectivity index (χ0) is 29.4. The summed E-state index contributed by atoms with van der Waals surface area (Å²) in [5.41, 5.74) is 0.471. The molecule has 4 rings (SSSR count). The minimum Gasteiger partial charge on any atom is -0.486 e. The Labute approximate surface area is 233 Å². The molecule has 0 aliphatic carbocycles. The molecule has 1 aliphatic heterocycles. The van der Waals surface area contributed by atoms with Crippen LogP contribution in [0.2, 0.25) is 5.02 Å². The number of sulfonamides is 1. The van der Waals surface area contributed by atoms with Gasteiger partial charge in [0.15, 0.2) is 0 Å². The van der Waals surface area contributed by atoms with Crippen LogP contribution in [0.1, 0.15) is 42.0 Å². The van der Waals surface area contributed by atoms with Gasteiger partial charge in [0.2, 0.25) is 0 Å². The third-order valence-corrected chi connectivity index (χ3v) is 8.58. The molecule has 0 radical (unpaired) electrons. The summed E-state index contributed by atoms with van der Waals surface area (Å²) in [6.45, 7) is 2.92. The Balaban J connectivity index is 1.86. The van der Waals surface area contributed by atoms with E-state index in [1.165, 1.54) is 24.3 Å². The van der Waals surface area contributed by atoms with Crippen molar-refractivity contribution in [2.45, 2.75) is 43.9 Å². The number of nitrogens with zero attached hydrogens (tertiary/aromatic N) is 1. The lowest BCUT2D eigenvalue weighted by molar-refractivity contribution is -0.138. The summed E-state index contributed by atoms with van der Waals surface area (Å²) in [4.78, 5) is 10.6. The largest absolute Gasteiger partial charge is 0.486 e. The Bertz CT molecular complexity index is 1580. The van der Waals surface area contributed by atoms with E-state index in [-0.39, 0.29) is 41.4 Å². The standard InChI is InChI=1S/C28H24ClF4NO5S/c1-16(26-22(29)7-4-8-23(26)30)13-18-9-11-24-27(17(18)2)34(15-20(39-24)10-12-25(35)36)40(37,38)21-6-3-5-19(14-21)28(31,32)33/h3-9,11,13-14,20H,10,12,15H2,1-2H3,(H,35,36). The summed E-state index contributed by atoms with van der Waals surface area (Å²) in [5, 5.41) is 9.29. The van der Waals surface area contributed by atoms with Crippen LogP contribution in [0.4, 0.5) is 23.2 Å². The van der Waals surface area contributed by atoms with E-state index in [9.17, 15) is 30.8 Å². The summed E-state index contributed by atoms with van der Waals surface area (Å²) >= 11 is 6.20. The maximum Gasteiger partial charge on any atom is 0.416 e. The molecule has 3 aromatic carbocycles. The van der Waals surface area contributed by atoms with Crippen LogP contribution in [0, 0.1) is 12.7 Å². The first-order valence-electron chi connectivity index (χ1n) is 12.0. The molecule has 0 amide bonds. The highest BCUT2D eigenvalue weighted by Gasteiger charge is 2.38. The molecule has 0 saturated carbocycles. The van der Waals surface area contributed by atoms with Gasteiger partial charge < -0.3 is 9.84 Å². The summed E-state index contributed by atoms with van der Waals surface area (Å²) in [6.07, 6.45) is -4.36. The van der Waals surface area contributed by atoms with Crippen LogP contribution in [0.15, 0.2) is 59.5 Å². The molecule has 212 valence electrons. The van der Waals surface area contributed by atoms with Gasteiger partial charge in [-0.25, -0.2) is 12.8 Å². The maximum atomic E-state index is 14.5. The lowest BCUT2D eigenvalue weighted by Gasteiger charge is -2.37. The number of allylic oxidation sites excluding steroid dienone is 1. The molecule has 0 bridgehead atoms. The second kappa shape index (κ2) is 11.1. The molecule has 1 aliphatic rings. The Morgan fingerprint density at radius 1 is 1.18 bits per heavy atom. The summed E-state index contributed by atoms with van der Waals surface area (Å²) in [7, 11) is -4.56. The maximum absolute atomic E-state index is 14.5. The zero-order valence-corrected chi connectivity index (χ0v) is 22.9. The Morgan fingerprint density at radius 2 is 1.88 bits per heavy atom. The topological polar surface area (TPSA) is 83.9 Å². The molecule has 0 fully saturated rings. The number of hydrogen-bond acceptors (Lipinski definition) is 4. The number of carbonyl (C=O) groups is 1. The smallest absolute Gasteiger partial charge is 0.416 e. The molecule has 0 saturated heterocycles. The molecule has 1 unspecified atom stereocenters. The van der Waals surface area contributed by atoms with Crippen molar-refractivity contribution in [1.82, 2.24) is 0 Å². The van der Waals surface area contributed by atoms with Crippen molar-refractivity contribution < 1.29 is 40.6 Å². The molecule has 1 N–H and O–H groups in total. The fraction of sp³-hybridized carbons (Fsp3) is 0.250. The Kier molecular flexibility index (Phi) is 8.18. The van der Waals surface area contributed by atoms with Gasteiger partial charge in [-0.3, -0.25) is 9.10 Å². The van der Waals surface area contributed by atoms with Crippen LogP contribution in [0.3, 0.4) is 0 Å². The van der Waals surface area contributed by atoms with Gasteiger partial charge in [-0.1, -0.05) is 35.9 Å². The van der Waals surface area contributed by atoms with Crippen molar-refractivity contribution in [3.63, 3.8) is 0 Å². The third kappa shape index (κ3) is 5.95. The molecule has 1 heterocycles. The fourth-order valence-electron chi connectivity index (χ4n) is 4.54. The number of benzene rings is 3. The monoisotopic (exact) mass is 597 g/mol. The van der Waals surface area contributed by atoms with E-state index < -0.39 is 44.5 Å². The SMILES string of the molecule is CC(=Cc1ccc2c(c1C)N(S(=O)(=O)c1cccc(C(F)(F)F)c1)CC(CCC(=O)O)O2)c1c(F)cccc1Cl. The number of carboxylic acid groups (broad SMARTS) is 1. The van der Waals surface area contributed by atoms with E-state index in [0.717, 1.165) is 22.5 Å². The van der Waals surface area contributed by atoms with Crippen molar-refractivity contribution >= 4 is 44.9 Å². The number of ether oxygens (including phenoxy) is 1. The first-order valence-corrected chi connectivity index (χ1v) is 13.9. The number of carboxylic acids is 1. The van der Waals surface area contributed by atoms with E-state index in [0.29, 0.717) is 22.8 Å². The summed E-state index contributed by atoms with van der Waals surface area (Å²) in [6, 6.07) is 10.8. The molecule has 1 atom stereocenters. The van der Waals surface area contributed by atoms with Crippen molar-refractivity contribution in [3.8, 4) is 5.75 Å². The predicted octanol–water partition coefficient (Wildman–Crippen LogP) is 7.19. The highest BCUT2D eigenvalue weighted by molar-refractivity contribution is 7.92. The van der Waals surface area contributed by atoms with Crippen LogP contribution >= 0.6 is 11.6 Å². The lowest BCUT2D eigenvalue weighted by atomic mass is 9.99. The third-order valence-electron chi connectivity index (χ3n) is 6.51. The van der Waals surface area contributed by atoms with E-state index in [4.69, 9.17) is 21.4 Å². The van der Waals surface area contributed by atoms with Crippen LogP contribution in [-0.4, -0.2) is 32.1 Å². The van der Waals surface area contributed by atoms with Crippen molar-refractivity contribution in [2.24, 2.45) is 0 Å². The van der Waals surface area contributed by atoms with Crippen molar-refractivity contribution in [1.29, 1.82) is 0 Å². The van der Waals surface area contributed by atoms with Gasteiger partial charge >= 0.3 is 12.1 Å². The zero-order valence-electron chi connectivity index (χ0n) is 21.3. The quantitative estimate of drug-likeness (QED) is 0.230. The van der Waals surface area contributed by atoms with E-state index in [1.54, 1.807) is 26.0 Å². The number of fused-ring (bicyclic) bond motifs is 1. The number of hydrogen-bond donors (Lipinski definition) is 1. The molecule has 12 heteroatoms. The summed E-state index contributed by atoms with van der Waals surface area (Å²) < 4.78 is 89.2. The average molecular weight is 598 g/mol. The minimum absolute atomic E-state index is 0.0328. The van der Waals surface area contributed by atoms with Gasteiger partial charge in [-0.05, 0) is 73.4 Å². The van der Waals surface area contributed by atoms with Gasteiger partial charge in [-0.15, -0.1) is 0 Å². The van der Waals surface area contributed by atoms with Gasteiger partial charge in [0.05, 0.1) is 27.7 Å². The number of aliphatic carboxylic acids is 1. The molecular weight excluding hydrogens is 574 g/mol. The normalized spacial score (nSPS) is 15.9. The van der Waals surface area contributed by atoms with Crippen LogP contribution in [0.25, 0.3) is 11.6 Å². The molecular formula is C28H24ClF4NO5S. The first kappa shape index (κ1) is 29.4. The molecule has 0 aromatic heterocycles. The Hall–Kier alpha value is -3.57. The van der Waals surface area contributed by atoms with E-state index in [2.05, 4.69) is 0 Å². The van der Waals surface area contributed by atoms with Gasteiger partial charge in [0.25, 0.3) is 10.0 Å². The van der Waals surface area contributed by atoms with Gasteiger partial charge in [0, 0.05) is 12.0 Å². The second-order valence-corrected chi connectivity index (χ2v) is 11.6. The van der Waals surface area contributed by atoms with Gasteiger partial charge in [0.1, 0.15) is 17.7 Å². The van der Waals surface area contributed by atoms with E-state index in [1.807, 2.05) is 0 Å². The number of alkyl halides is 3. The van der Waals surface area contributed by atoms with Crippen molar-refractivity contribution in [3.05, 3.63) is 87.7 Å². The van der Waals surface area contributed by atoms with Crippen LogP contribution in [0.5, 0.6) is 5.75 Å². The molecule has 0 spiro atoms. The van der Waals surface area contributed by atoms with Crippen LogP contribution in [-0.2, 0) is 21.0 Å². The van der Waals surface area contributed by atoms with E-state index >= 15 is 0 Å². The highest BCUT2D eigenvalue weighted by atomic mass is 35.5. The average Bonchev–Trinajstić information content (AvgIpc) is 2.88. The molecule has 6 nitrogen and oxygen atoms in total.